The summed E-state index contributed by atoms with van der Waals surface area (Å²) in [6.07, 6.45) is -3.47. The predicted octanol–water partition coefficient (Wildman–Crippen LogP) is 3.62. The van der Waals surface area contributed by atoms with Crippen molar-refractivity contribution in [2.75, 3.05) is 0 Å². The second-order valence-electron chi connectivity index (χ2n) is 6.30. The third-order valence-electron chi connectivity index (χ3n) is 4.51. The van der Waals surface area contributed by atoms with Gasteiger partial charge in [0.2, 0.25) is 5.82 Å². The lowest BCUT2D eigenvalue weighted by Gasteiger charge is -2.34. The van der Waals surface area contributed by atoms with E-state index < -0.39 is 29.8 Å². The Morgan fingerprint density at radius 1 is 1.37 bits per heavy atom. The monoisotopic (exact) mass is 401 g/mol. The zero-order valence-electron chi connectivity index (χ0n) is 13.8. The van der Waals surface area contributed by atoms with Gasteiger partial charge in [0.1, 0.15) is 5.52 Å². The molecule has 1 N–H and O–H groups in total. The van der Waals surface area contributed by atoms with E-state index in [2.05, 4.69) is 15.0 Å². The van der Waals surface area contributed by atoms with Crippen molar-refractivity contribution in [1.29, 1.82) is 0 Å². The molecule has 3 heterocycles. The smallest absolute Gasteiger partial charge is 0.333 e. The van der Waals surface area contributed by atoms with Crippen molar-refractivity contribution in [3.05, 3.63) is 46.5 Å². The fraction of sp³-hybridized carbons (Fsp3) is 0.312. The molecule has 2 aromatic heterocycles. The summed E-state index contributed by atoms with van der Waals surface area (Å²) in [5, 5.41) is 0.206. The lowest BCUT2D eigenvalue weighted by atomic mass is 10.2. The first kappa shape index (κ1) is 17.8. The van der Waals surface area contributed by atoms with Crippen molar-refractivity contribution in [2.24, 2.45) is 0 Å². The highest BCUT2D eigenvalue weighted by atomic mass is 35.5. The number of nitrogens with one attached hydrogen (secondary N) is 1. The second kappa shape index (κ2) is 5.95. The third-order valence-corrected chi connectivity index (χ3v) is 4.83. The summed E-state index contributed by atoms with van der Waals surface area (Å²) in [4.78, 5) is 24.3. The second-order valence-corrected chi connectivity index (χ2v) is 6.71. The van der Waals surface area contributed by atoms with Gasteiger partial charge in [0.05, 0.1) is 29.0 Å². The van der Waals surface area contributed by atoms with Crippen LogP contribution in [-0.4, -0.2) is 36.4 Å². The molecule has 3 aromatic rings. The molecule has 6 nitrogen and oxygen atoms in total. The van der Waals surface area contributed by atoms with Crippen LogP contribution in [0.5, 0.6) is 0 Å². The summed E-state index contributed by atoms with van der Waals surface area (Å²) in [7, 11) is 0. The van der Waals surface area contributed by atoms with Crippen LogP contribution in [0, 0.1) is 5.82 Å². The van der Waals surface area contributed by atoms with Crippen LogP contribution < -0.4 is 0 Å². The minimum Gasteiger partial charge on any atom is -0.333 e. The number of imidazole rings is 2. The molecule has 0 aliphatic carbocycles. The van der Waals surface area contributed by atoms with Crippen LogP contribution in [0.1, 0.15) is 29.1 Å². The van der Waals surface area contributed by atoms with Crippen LogP contribution in [0.2, 0.25) is 5.02 Å². The highest BCUT2D eigenvalue weighted by Gasteiger charge is 2.40. The van der Waals surface area contributed by atoms with Crippen LogP contribution >= 0.6 is 11.6 Å². The topological polar surface area (TPSA) is 66.8 Å². The molecule has 0 fully saturated rings. The molecule has 0 radical (unpaired) electrons. The van der Waals surface area contributed by atoms with Crippen molar-refractivity contribution in [1.82, 2.24) is 24.4 Å². The van der Waals surface area contributed by atoms with Crippen molar-refractivity contribution >= 4 is 28.5 Å². The van der Waals surface area contributed by atoms with Crippen molar-refractivity contribution < 1.29 is 22.4 Å². The molecule has 0 saturated carbocycles. The Balaban J connectivity index is 1.68. The summed E-state index contributed by atoms with van der Waals surface area (Å²) in [6.45, 7) is 1.48. The molecule has 1 aromatic carbocycles. The predicted molar refractivity (Wildman–Crippen MR) is 87.6 cm³/mol. The van der Waals surface area contributed by atoms with E-state index in [1.807, 2.05) is 0 Å². The van der Waals surface area contributed by atoms with Crippen molar-refractivity contribution in [2.45, 2.75) is 32.2 Å². The lowest BCUT2D eigenvalue weighted by Crippen LogP contribution is -2.45. The molecule has 1 atom stereocenters. The average molecular weight is 402 g/mol. The van der Waals surface area contributed by atoms with Gasteiger partial charge in [0.25, 0.3) is 5.91 Å². The average Bonchev–Trinajstić information content (AvgIpc) is 3.21. The Labute approximate surface area is 154 Å². The Morgan fingerprint density at radius 2 is 2.11 bits per heavy atom. The summed E-state index contributed by atoms with van der Waals surface area (Å²) in [5.41, 5.74) is 0.378. The Bertz CT molecular complexity index is 1020. The van der Waals surface area contributed by atoms with E-state index in [4.69, 9.17) is 11.6 Å². The molecule has 4 rings (SSSR count). The van der Waals surface area contributed by atoms with Gasteiger partial charge in [0, 0.05) is 12.6 Å². The first-order chi connectivity index (χ1) is 12.7. The number of fused-ring (bicyclic) bond motifs is 2. The van der Waals surface area contributed by atoms with Gasteiger partial charge in [-0.1, -0.05) is 11.6 Å². The molecule has 1 unspecified atom stereocenters. The highest BCUT2D eigenvalue weighted by Crippen LogP contribution is 2.32. The number of carbonyl (C=O) groups excluding carboxylic acids is 1. The number of rotatable bonds is 1. The molecular weight excluding hydrogens is 390 g/mol. The molecule has 11 heteroatoms. The molecule has 1 aliphatic heterocycles. The maximum Gasteiger partial charge on any atom is 0.449 e. The summed E-state index contributed by atoms with van der Waals surface area (Å²) >= 11 is 5.99. The molecular formula is C16H12ClF4N5O. The summed E-state index contributed by atoms with van der Waals surface area (Å²) in [5.74, 6) is -2.32. The number of hydrogen-bond donors (Lipinski definition) is 1. The fourth-order valence-electron chi connectivity index (χ4n) is 3.20. The number of halogens is 5. The molecule has 0 bridgehead atoms. The number of benzene rings is 1. The number of hydrogen-bond acceptors (Lipinski definition) is 3. The van der Waals surface area contributed by atoms with E-state index in [1.54, 1.807) is 6.92 Å². The number of alkyl halides is 3. The Hall–Kier alpha value is -2.62. The molecule has 1 amide bonds. The van der Waals surface area contributed by atoms with Gasteiger partial charge < -0.3 is 14.5 Å². The Morgan fingerprint density at radius 3 is 2.78 bits per heavy atom. The number of carbonyl (C=O) groups is 1. The minimum atomic E-state index is -4.57. The van der Waals surface area contributed by atoms with E-state index in [-0.39, 0.29) is 40.7 Å². The van der Waals surface area contributed by atoms with Crippen LogP contribution in [-0.2, 0) is 19.3 Å². The largest absolute Gasteiger partial charge is 0.449 e. The number of H-pyrrole nitrogens is 1. The third kappa shape index (κ3) is 2.84. The fourth-order valence-corrected chi connectivity index (χ4v) is 3.40. The standard InChI is InChI=1S/C16H12ClF4N5O/c1-7-5-26-8(4-22-15(26)16(19,20)21)6-25(7)14(27)13-23-11-9(17)2-3-10(18)12(11)24-13/h2-4,7H,5-6H2,1H3,(H,23,24). The van der Waals surface area contributed by atoms with Gasteiger partial charge in [-0.2, -0.15) is 13.2 Å². The minimum absolute atomic E-state index is 0.0642. The number of nitrogens with zero attached hydrogens (tertiary/aromatic N) is 4. The SMILES string of the molecule is CC1Cn2c(cnc2C(F)(F)F)CN1C(=O)c1nc2c(F)ccc(Cl)c2[nH]1. The number of aromatic amines is 1. The molecule has 1 aliphatic rings. The van der Waals surface area contributed by atoms with Gasteiger partial charge in [-0.25, -0.2) is 14.4 Å². The molecule has 27 heavy (non-hydrogen) atoms. The number of aromatic nitrogens is 4. The van der Waals surface area contributed by atoms with E-state index >= 15 is 0 Å². The summed E-state index contributed by atoms with van der Waals surface area (Å²) < 4.78 is 54.0. The molecule has 0 spiro atoms. The zero-order chi connectivity index (χ0) is 19.5. The lowest BCUT2D eigenvalue weighted by molar-refractivity contribution is -0.148. The highest BCUT2D eigenvalue weighted by molar-refractivity contribution is 6.35. The van der Waals surface area contributed by atoms with Gasteiger partial charge in [-0.15, -0.1) is 0 Å². The van der Waals surface area contributed by atoms with Gasteiger partial charge in [0.15, 0.2) is 11.6 Å². The first-order valence-electron chi connectivity index (χ1n) is 7.93. The van der Waals surface area contributed by atoms with Crippen molar-refractivity contribution in [3.8, 4) is 0 Å². The number of amides is 1. The Kier molecular flexibility index (Phi) is 3.91. The molecule has 142 valence electrons. The maximum absolute atomic E-state index is 13.9. The van der Waals surface area contributed by atoms with E-state index in [1.165, 1.54) is 11.0 Å². The van der Waals surface area contributed by atoms with Crippen LogP contribution in [0.25, 0.3) is 11.0 Å². The van der Waals surface area contributed by atoms with Crippen LogP contribution in [0.4, 0.5) is 17.6 Å². The quantitative estimate of drug-likeness (QED) is 0.633. The molecule has 0 saturated heterocycles. The maximum atomic E-state index is 13.9. The van der Waals surface area contributed by atoms with E-state index in [0.29, 0.717) is 0 Å². The normalized spacial score (nSPS) is 17.4. The van der Waals surface area contributed by atoms with Crippen molar-refractivity contribution in [3.63, 3.8) is 0 Å². The zero-order valence-corrected chi connectivity index (χ0v) is 14.6. The van der Waals surface area contributed by atoms with E-state index in [0.717, 1.165) is 16.8 Å². The van der Waals surface area contributed by atoms with Gasteiger partial charge >= 0.3 is 6.18 Å². The van der Waals surface area contributed by atoms with Crippen LogP contribution in [0.15, 0.2) is 18.3 Å². The van der Waals surface area contributed by atoms with Crippen LogP contribution in [0.3, 0.4) is 0 Å². The van der Waals surface area contributed by atoms with E-state index in [9.17, 15) is 22.4 Å². The first-order valence-corrected chi connectivity index (χ1v) is 8.31. The van der Waals surface area contributed by atoms with Gasteiger partial charge in [-0.3, -0.25) is 4.79 Å². The summed E-state index contributed by atoms with van der Waals surface area (Å²) in [6, 6.07) is 1.93. The van der Waals surface area contributed by atoms with Gasteiger partial charge in [-0.05, 0) is 19.1 Å².